The summed E-state index contributed by atoms with van der Waals surface area (Å²) in [5.41, 5.74) is 0. The van der Waals surface area contributed by atoms with E-state index in [-0.39, 0.29) is 0 Å². The van der Waals surface area contributed by atoms with E-state index in [1.807, 2.05) is 0 Å². The second-order valence-electron chi connectivity index (χ2n) is 1.31. The van der Waals surface area contributed by atoms with Gasteiger partial charge < -0.3 is 4.90 Å². The second-order valence-corrected chi connectivity index (χ2v) is 1.59. The van der Waals surface area contributed by atoms with Gasteiger partial charge in [0.2, 0.25) is 6.41 Å². The van der Waals surface area contributed by atoms with Crippen LogP contribution in [0.1, 0.15) is 0 Å². The molecule has 0 heterocycles. The fraction of sp³-hybridized carbons (Fsp3) is 0.400. The van der Waals surface area contributed by atoms with Gasteiger partial charge in [0.25, 0.3) is 0 Å². The first-order chi connectivity index (χ1) is 3.85. The monoisotopic (exact) mass is 131 g/mol. The van der Waals surface area contributed by atoms with Gasteiger partial charge in [0, 0.05) is 6.54 Å². The van der Waals surface area contributed by atoms with Crippen LogP contribution in [0.15, 0.2) is 12.7 Å². The van der Waals surface area contributed by atoms with E-state index >= 15 is 0 Å². The maximum atomic E-state index is 9.96. The summed E-state index contributed by atoms with van der Waals surface area (Å²) in [5.74, 6) is 0.454. The number of nitrogens with zero attached hydrogens (tertiary/aromatic N) is 1. The highest BCUT2D eigenvalue weighted by molar-refractivity contribution is 7.80. The molecule has 0 radical (unpaired) electrons. The number of thiol groups is 1. The van der Waals surface area contributed by atoms with Crippen molar-refractivity contribution in [1.82, 2.24) is 4.90 Å². The lowest BCUT2D eigenvalue weighted by atomic mass is 10.6. The fourth-order valence-corrected chi connectivity index (χ4v) is 0.482. The van der Waals surface area contributed by atoms with Gasteiger partial charge >= 0.3 is 0 Å². The Hall–Kier alpha value is -0.440. The van der Waals surface area contributed by atoms with E-state index in [2.05, 4.69) is 19.2 Å². The molecule has 0 aromatic rings. The van der Waals surface area contributed by atoms with Gasteiger partial charge in [-0.25, -0.2) is 0 Å². The van der Waals surface area contributed by atoms with Crippen molar-refractivity contribution in [2.75, 3.05) is 12.4 Å². The van der Waals surface area contributed by atoms with Gasteiger partial charge in [0.1, 0.15) is 0 Å². The van der Waals surface area contributed by atoms with Crippen LogP contribution in [-0.2, 0) is 4.79 Å². The largest absolute Gasteiger partial charge is 0.333 e. The Morgan fingerprint density at radius 2 is 2.38 bits per heavy atom. The summed E-state index contributed by atoms with van der Waals surface area (Å²) in [6.07, 6.45) is 2.40. The highest BCUT2D eigenvalue weighted by Crippen LogP contribution is 1.83. The summed E-state index contributed by atoms with van der Waals surface area (Å²) in [7, 11) is 0. The van der Waals surface area contributed by atoms with Crippen LogP contribution in [-0.4, -0.2) is 23.7 Å². The molecule has 0 aromatic heterocycles. The maximum absolute atomic E-state index is 9.96. The lowest BCUT2D eigenvalue weighted by molar-refractivity contribution is -0.116. The minimum Gasteiger partial charge on any atom is -0.333 e. The van der Waals surface area contributed by atoms with Crippen molar-refractivity contribution in [1.29, 1.82) is 0 Å². The molecule has 0 N–H and O–H groups in total. The van der Waals surface area contributed by atoms with Gasteiger partial charge in [-0.1, -0.05) is 6.08 Å². The zero-order valence-corrected chi connectivity index (χ0v) is 5.47. The topological polar surface area (TPSA) is 20.3 Å². The number of carbonyl (C=O) groups excluding carboxylic acids is 1. The van der Waals surface area contributed by atoms with E-state index < -0.39 is 0 Å². The quantitative estimate of drug-likeness (QED) is 0.255. The summed E-state index contributed by atoms with van der Waals surface area (Å²) in [6, 6.07) is 0. The first kappa shape index (κ1) is 7.56. The highest BCUT2D eigenvalue weighted by atomic mass is 32.1. The molecule has 0 bridgehead atoms. The molecule has 0 rings (SSSR count). The van der Waals surface area contributed by atoms with E-state index in [1.54, 1.807) is 6.08 Å². The van der Waals surface area contributed by atoms with E-state index in [4.69, 9.17) is 0 Å². The van der Waals surface area contributed by atoms with Crippen LogP contribution in [0, 0.1) is 0 Å². The Balaban J connectivity index is 3.35. The van der Waals surface area contributed by atoms with E-state index in [1.165, 1.54) is 4.90 Å². The van der Waals surface area contributed by atoms with Crippen molar-refractivity contribution in [3.05, 3.63) is 12.7 Å². The zero-order chi connectivity index (χ0) is 6.41. The van der Waals surface area contributed by atoms with Crippen LogP contribution in [0.5, 0.6) is 0 Å². The summed E-state index contributed by atoms with van der Waals surface area (Å²) < 4.78 is 0. The van der Waals surface area contributed by atoms with Crippen LogP contribution in [0.2, 0.25) is 0 Å². The van der Waals surface area contributed by atoms with Crippen LogP contribution < -0.4 is 0 Å². The molecule has 0 unspecified atom stereocenters. The molecule has 0 aromatic carbocycles. The van der Waals surface area contributed by atoms with Crippen LogP contribution in [0.4, 0.5) is 0 Å². The van der Waals surface area contributed by atoms with E-state index in [0.29, 0.717) is 12.4 Å². The molecule has 0 aliphatic rings. The molecule has 2 nitrogen and oxygen atoms in total. The van der Waals surface area contributed by atoms with Gasteiger partial charge in [-0.3, -0.25) is 4.79 Å². The first-order valence-corrected chi connectivity index (χ1v) is 2.89. The lowest BCUT2D eigenvalue weighted by Crippen LogP contribution is -2.19. The van der Waals surface area contributed by atoms with Crippen molar-refractivity contribution in [2.45, 2.75) is 0 Å². The number of hydrogen-bond donors (Lipinski definition) is 1. The van der Waals surface area contributed by atoms with Gasteiger partial charge in [-0.15, -0.1) is 6.58 Å². The van der Waals surface area contributed by atoms with Gasteiger partial charge in [-0.05, 0) is 0 Å². The average molecular weight is 131 g/mol. The maximum Gasteiger partial charge on any atom is 0.210 e. The minimum absolute atomic E-state index is 0.454. The molecule has 8 heavy (non-hydrogen) atoms. The Kier molecular flexibility index (Phi) is 4.45. The Morgan fingerprint density at radius 1 is 1.75 bits per heavy atom. The normalized spacial score (nSPS) is 8.12. The third-order valence-corrected chi connectivity index (χ3v) is 1.06. The van der Waals surface area contributed by atoms with Crippen molar-refractivity contribution >= 4 is 19.0 Å². The molecule has 0 aliphatic carbocycles. The van der Waals surface area contributed by atoms with Crippen molar-refractivity contribution in [2.24, 2.45) is 0 Å². The third kappa shape index (κ3) is 2.69. The Morgan fingerprint density at radius 3 is 2.50 bits per heavy atom. The lowest BCUT2D eigenvalue weighted by Gasteiger charge is -2.08. The smallest absolute Gasteiger partial charge is 0.210 e. The fourth-order valence-electron chi connectivity index (χ4n) is 0.300. The van der Waals surface area contributed by atoms with Crippen LogP contribution in [0.3, 0.4) is 0 Å². The molecule has 0 saturated heterocycles. The molecule has 0 atom stereocenters. The van der Waals surface area contributed by atoms with Gasteiger partial charge in [0.15, 0.2) is 0 Å². The number of carbonyl (C=O) groups is 1. The third-order valence-electron chi connectivity index (χ3n) is 0.694. The summed E-state index contributed by atoms with van der Waals surface area (Å²) in [4.78, 5) is 11.5. The van der Waals surface area contributed by atoms with Crippen molar-refractivity contribution in [3.63, 3.8) is 0 Å². The number of amides is 1. The summed E-state index contributed by atoms with van der Waals surface area (Å²) in [5, 5.41) is 0. The van der Waals surface area contributed by atoms with E-state index in [9.17, 15) is 4.79 Å². The van der Waals surface area contributed by atoms with Gasteiger partial charge in [0.05, 0.1) is 5.88 Å². The number of hydrogen-bond acceptors (Lipinski definition) is 2. The summed E-state index contributed by atoms with van der Waals surface area (Å²) in [6.45, 7) is 4.04. The first-order valence-electron chi connectivity index (χ1n) is 2.26. The predicted octanol–water partition coefficient (Wildman–Crippen LogP) is 0.518. The minimum atomic E-state index is 0.454. The molecular weight excluding hydrogens is 122 g/mol. The summed E-state index contributed by atoms with van der Waals surface area (Å²) >= 11 is 3.88. The molecule has 0 aliphatic heterocycles. The van der Waals surface area contributed by atoms with Gasteiger partial charge in [-0.2, -0.15) is 12.6 Å². The molecule has 0 fully saturated rings. The predicted molar refractivity (Wildman–Crippen MR) is 36.8 cm³/mol. The average Bonchev–Trinajstić information content (AvgIpc) is 1.83. The molecule has 1 amide bonds. The van der Waals surface area contributed by atoms with Crippen LogP contribution >= 0.6 is 12.6 Å². The highest BCUT2D eigenvalue weighted by Gasteiger charge is 1.89. The number of rotatable bonds is 4. The zero-order valence-electron chi connectivity index (χ0n) is 4.58. The molecule has 3 heteroatoms. The molecule has 0 spiro atoms. The molecule has 0 saturated carbocycles. The van der Waals surface area contributed by atoms with Crippen LogP contribution in [0.25, 0.3) is 0 Å². The van der Waals surface area contributed by atoms with E-state index in [0.717, 1.165) is 6.41 Å². The molecule has 46 valence electrons. The second kappa shape index (κ2) is 4.71. The van der Waals surface area contributed by atoms with Crippen molar-refractivity contribution in [3.8, 4) is 0 Å². The Labute approximate surface area is 54.6 Å². The SMILES string of the molecule is C=CCN(C=O)CS. The van der Waals surface area contributed by atoms with Crippen molar-refractivity contribution < 1.29 is 4.79 Å². The standard InChI is InChI=1S/C5H9NOS/c1-2-3-6(4-7)5-8/h2,4,8H,1,3,5H2. The molecular formula is C5H9NOS. The Bertz CT molecular complexity index is 84.5.